The first-order chi connectivity index (χ1) is 14.7. The lowest BCUT2D eigenvalue weighted by atomic mass is 10.1. The summed E-state index contributed by atoms with van der Waals surface area (Å²) in [6, 6.07) is 11.1. The summed E-state index contributed by atoms with van der Waals surface area (Å²) < 4.78 is 33.3. The number of sulfonamides is 1. The Bertz CT molecular complexity index is 1170. The summed E-state index contributed by atoms with van der Waals surface area (Å²) in [6.07, 6.45) is 6.17. The zero-order valence-corrected chi connectivity index (χ0v) is 18.9. The van der Waals surface area contributed by atoms with Crippen molar-refractivity contribution in [3.63, 3.8) is 0 Å². The van der Waals surface area contributed by atoms with Gasteiger partial charge in [-0.2, -0.15) is 0 Å². The second-order valence-corrected chi connectivity index (χ2v) is 9.16. The number of imidazole rings is 1. The van der Waals surface area contributed by atoms with Gasteiger partial charge in [0.15, 0.2) is 0 Å². The number of nitrogens with zero attached hydrogens (tertiary/aromatic N) is 3. The van der Waals surface area contributed by atoms with Crippen LogP contribution >= 0.6 is 11.6 Å². The highest BCUT2D eigenvalue weighted by Crippen LogP contribution is 2.34. The van der Waals surface area contributed by atoms with Crippen molar-refractivity contribution in [1.82, 2.24) is 14.9 Å². The molecule has 1 aromatic heterocycles. The van der Waals surface area contributed by atoms with Crippen LogP contribution in [0.25, 0.3) is 5.69 Å². The fraction of sp³-hybridized carbons (Fsp3) is 0.238. The summed E-state index contributed by atoms with van der Waals surface area (Å²) in [6.45, 7) is 1.72. The summed E-state index contributed by atoms with van der Waals surface area (Å²) in [7, 11) is -2.40. The van der Waals surface area contributed by atoms with Crippen LogP contribution in [0.3, 0.4) is 0 Å². The number of anilines is 1. The molecule has 0 aliphatic rings. The van der Waals surface area contributed by atoms with Gasteiger partial charge >= 0.3 is 0 Å². The Balaban J connectivity index is 1.85. The lowest BCUT2D eigenvalue weighted by Gasteiger charge is -2.29. The average molecular weight is 463 g/mol. The fourth-order valence-corrected chi connectivity index (χ4v) is 4.60. The van der Waals surface area contributed by atoms with Gasteiger partial charge in [0.05, 0.1) is 31.1 Å². The largest absolute Gasteiger partial charge is 0.495 e. The van der Waals surface area contributed by atoms with Gasteiger partial charge < -0.3 is 14.6 Å². The number of rotatable bonds is 8. The minimum Gasteiger partial charge on any atom is -0.495 e. The van der Waals surface area contributed by atoms with Gasteiger partial charge in [0.1, 0.15) is 11.8 Å². The predicted octanol–water partition coefficient (Wildman–Crippen LogP) is 3.01. The van der Waals surface area contributed by atoms with Gasteiger partial charge in [-0.05, 0) is 36.8 Å². The van der Waals surface area contributed by atoms with Crippen molar-refractivity contribution in [3.05, 3.63) is 71.8 Å². The van der Waals surface area contributed by atoms with Gasteiger partial charge in [-0.1, -0.05) is 29.8 Å². The Morgan fingerprint density at radius 2 is 2.03 bits per heavy atom. The van der Waals surface area contributed by atoms with E-state index in [1.54, 1.807) is 30.9 Å². The van der Waals surface area contributed by atoms with E-state index >= 15 is 0 Å². The number of carbonyl (C=O) groups excluding carboxylic acids is 1. The molecular weight excluding hydrogens is 440 g/mol. The molecule has 10 heteroatoms. The van der Waals surface area contributed by atoms with Crippen LogP contribution in [-0.2, 0) is 21.4 Å². The number of halogens is 1. The molecule has 0 bridgehead atoms. The highest BCUT2D eigenvalue weighted by Gasteiger charge is 2.31. The van der Waals surface area contributed by atoms with E-state index in [2.05, 4.69) is 10.3 Å². The molecule has 1 atom stereocenters. The summed E-state index contributed by atoms with van der Waals surface area (Å²) in [4.78, 5) is 17.0. The molecule has 31 heavy (non-hydrogen) atoms. The predicted molar refractivity (Wildman–Crippen MR) is 120 cm³/mol. The minimum absolute atomic E-state index is 0.193. The van der Waals surface area contributed by atoms with Gasteiger partial charge in [-0.15, -0.1) is 0 Å². The number of carbonyl (C=O) groups is 1. The van der Waals surface area contributed by atoms with Gasteiger partial charge in [-0.25, -0.2) is 13.4 Å². The number of para-hydroxylation sites is 1. The van der Waals surface area contributed by atoms with Crippen LogP contribution < -0.4 is 14.4 Å². The smallest absolute Gasteiger partial charge is 0.243 e. The summed E-state index contributed by atoms with van der Waals surface area (Å²) in [5.74, 6) is -0.173. The Morgan fingerprint density at radius 1 is 1.29 bits per heavy atom. The van der Waals surface area contributed by atoms with Gasteiger partial charge in [-0.3, -0.25) is 9.10 Å². The topological polar surface area (TPSA) is 93.5 Å². The molecule has 1 N–H and O–H groups in total. The van der Waals surface area contributed by atoms with E-state index in [1.165, 1.54) is 20.1 Å². The Morgan fingerprint density at radius 3 is 2.68 bits per heavy atom. The standard InChI is InChI=1S/C21H23ClN4O4S/c1-15(26(31(3,28)29)19-12-17(22)8-9-20(19)30-2)21(27)24-13-16-6-4-5-7-18(16)25-11-10-23-14-25/h4-12,14-15H,13H2,1-3H3,(H,24,27). The molecule has 0 spiro atoms. The molecule has 1 unspecified atom stereocenters. The zero-order valence-electron chi connectivity index (χ0n) is 17.3. The van der Waals surface area contributed by atoms with Crippen LogP contribution in [-0.4, -0.2) is 43.3 Å². The molecule has 0 radical (unpaired) electrons. The van der Waals surface area contributed by atoms with E-state index in [0.717, 1.165) is 21.8 Å². The molecular formula is C21H23ClN4O4S. The van der Waals surface area contributed by atoms with Crippen LogP contribution in [0.15, 0.2) is 61.2 Å². The van der Waals surface area contributed by atoms with Crippen LogP contribution in [0.1, 0.15) is 12.5 Å². The summed E-state index contributed by atoms with van der Waals surface area (Å²) >= 11 is 6.07. The molecule has 3 rings (SSSR count). The molecule has 0 aliphatic carbocycles. The maximum Gasteiger partial charge on any atom is 0.243 e. The zero-order chi connectivity index (χ0) is 22.6. The quantitative estimate of drug-likeness (QED) is 0.555. The molecule has 164 valence electrons. The van der Waals surface area contributed by atoms with E-state index in [9.17, 15) is 13.2 Å². The molecule has 3 aromatic rings. The second-order valence-electron chi connectivity index (χ2n) is 6.87. The number of ether oxygens (including phenoxy) is 1. The third kappa shape index (κ3) is 5.18. The van der Waals surface area contributed by atoms with E-state index in [-0.39, 0.29) is 12.2 Å². The SMILES string of the molecule is COc1ccc(Cl)cc1N(C(C)C(=O)NCc1ccccc1-n1ccnc1)S(C)(=O)=O. The molecule has 0 aliphatic heterocycles. The number of amides is 1. The van der Waals surface area contributed by atoms with Crippen molar-refractivity contribution < 1.29 is 17.9 Å². The van der Waals surface area contributed by atoms with Crippen molar-refractivity contribution >= 4 is 33.2 Å². The van der Waals surface area contributed by atoms with Gasteiger partial charge in [0, 0.05) is 24.0 Å². The third-order valence-corrected chi connectivity index (χ3v) is 6.16. The lowest BCUT2D eigenvalue weighted by molar-refractivity contribution is -0.122. The summed E-state index contributed by atoms with van der Waals surface area (Å²) in [5, 5.41) is 3.15. The normalized spacial score (nSPS) is 12.3. The van der Waals surface area contributed by atoms with E-state index in [4.69, 9.17) is 16.3 Å². The summed E-state index contributed by atoms with van der Waals surface area (Å²) in [5.41, 5.74) is 1.91. The Kier molecular flexibility index (Phi) is 6.87. The van der Waals surface area contributed by atoms with Crippen molar-refractivity contribution in [2.24, 2.45) is 0 Å². The molecule has 2 aromatic carbocycles. The van der Waals surface area contributed by atoms with Crippen LogP contribution in [0.5, 0.6) is 5.75 Å². The Hall–Kier alpha value is -3.04. The number of aromatic nitrogens is 2. The molecule has 8 nitrogen and oxygen atoms in total. The highest BCUT2D eigenvalue weighted by molar-refractivity contribution is 7.92. The fourth-order valence-electron chi connectivity index (χ4n) is 3.26. The van der Waals surface area contributed by atoms with Crippen molar-refractivity contribution in [3.8, 4) is 11.4 Å². The number of hydrogen-bond donors (Lipinski definition) is 1. The van der Waals surface area contributed by atoms with Crippen LogP contribution in [0.4, 0.5) is 5.69 Å². The number of benzene rings is 2. The first-order valence-corrected chi connectivity index (χ1v) is 11.6. The van der Waals surface area contributed by atoms with Crippen molar-refractivity contribution in [2.45, 2.75) is 19.5 Å². The van der Waals surface area contributed by atoms with E-state index in [1.807, 2.05) is 28.8 Å². The molecule has 0 saturated heterocycles. The number of hydrogen-bond acceptors (Lipinski definition) is 5. The monoisotopic (exact) mass is 462 g/mol. The maximum absolute atomic E-state index is 12.9. The Labute approximate surface area is 186 Å². The maximum atomic E-state index is 12.9. The van der Waals surface area contributed by atoms with Crippen molar-refractivity contribution in [1.29, 1.82) is 0 Å². The third-order valence-electron chi connectivity index (χ3n) is 4.69. The van der Waals surface area contributed by atoms with E-state index in [0.29, 0.717) is 10.8 Å². The number of methoxy groups -OCH3 is 1. The second kappa shape index (κ2) is 9.40. The van der Waals surface area contributed by atoms with Gasteiger partial charge in [0.25, 0.3) is 0 Å². The average Bonchev–Trinajstić information content (AvgIpc) is 3.26. The lowest BCUT2D eigenvalue weighted by Crippen LogP contribution is -2.47. The van der Waals surface area contributed by atoms with Gasteiger partial charge in [0.2, 0.25) is 15.9 Å². The molecule has 1 heterocycles. The number of nitrogens with one attached hydrogen (secondary N) is 1. The van der Waals surface area contributed by atoms with Crippen LogP contribution in [0, 0.1) is 0 Å². The van der Waals surface area contributed by atoms with Crippen LogP contribution in [0.2, 0.25) is 5.02 Å². The molecule has 0 fully saturated rings. The first-order valence-electron chi connectivity index (χ1n) is 9.39. The first kappa shape index (κ1) is 22.6. The minimum atomic E-state index is -3.82. The molecule has 1 amide bonds. The van der Waals surface area contributed by atoms with Crippen molar-refractivity contribution in [2.75, 3.05) is 17.7 Å². The van der Waals surface area contributed by atoms with E-state index < -0.39 is 22.0 Å². The highest BCUT2D eigenvalue weighted by atomic mass is 35.5. The molecule has 0 saturated carbocycles.